The molecule has 1 aromatic rings. The molecule has 98 valence electrons. The van der Waals surface area contributed by atoms with Crippen LogP contribution in [-0.4, -0.2) is 11.6 Å². The van der Waals surface area contributed by atoms with E-state index in [4.69, 9.17) is 0 Å². The topological polar surface area (TPSA) is 34.1 Å². The Hall–Kier alpha value is -1.44. The van der Waals surface area contributed by atoms with Gasteiger partial charge in [0.25, 0.3) is 0 Å². The summed E-state index contributed by atoms with van der Waals surface area (Å²) in [5.41, 5.74) is 0.730. The van der Waals surface area contributed by atoms with E-state index in [1.165, 1.54) is 0 Å². The fraction of sp³-hybridized carbons (Fsp3) is 0.500. The first-order valence-corrected chi connectivity index (χ1v) is 6.55. The molecule has 1 aromatic carbocycles. The zero-order valence-corrected chi connectivity index (χ0v) is 11.6. The molecule has 0 radical (unpaired) electrons. The summed E-state index contributed by atoms with van der Waals surface area (Å²) in [5.74, 6) is 0.425. The van der Waals surface area contributed by atoms with Gasteiger partial charge in [0, 0.05) is 23.8 Å². The van der Waals surface area contributed by atoms with E-state index in [9.17, 15) is 9.59 Å². The molecule has 0 aliphatic carbocycles. The molecule has 1 rings (SSSR count). The average Bonchev–Trinajstić information content (AvgIpc) is 2.37. The quantitative estimate of drug-likeness (QED) is 0.716. The molecule has 0 aliphatic rings. The Morgan fingerprint density at radius 1 is 1.00 bits per heavy atom. The molecule has 0 aromatic heterocycles. The summed E-state index contributed by atoms with van der Waals surface area (Å²) in [5, 5.41) is 0. The molecule has 0 amide bonds. The van der Waals surface area contributed by atoms with Crippen LogP contribution in [0.1, 0.15) is 44.5 Å². The fourth-order valence-corrected chi connectivity index (χ4v) is 2.02. The van der Waals surface area contributed by atoms with Crippen molar-refractivity contribution in [1.82, 2.24) is 0 Å². The minimum atomic E-state index is -0.0577. The van der Waals surface area contributed by atoms with E-state index in [1.807, 2.05) is 58.0 Å². The molecule has 0 aliphatic heterocycles. The van der Waals surface area contributed by atoms with Gasteiger partial charge in [-0.05, 0) is 5.92 Å². The monoisotopic (exact) mass is 246 g/mol. The Bertz CT molecular complexity index is 406. The predicted molar refractivity (Wildman–Crippen MR) is 73.6 cm³/mol. The first-order valence-electron chi connectivity index (χ1n) is 6.55. The normalized spacial score (nSPS) is 14.3. The van der Waals surface area contributed by atoms with Gasteiger partial charge in [0.1, 0.15) is 5.78 Å². The van der Waals surface area contributed by atoms with Crippen molar-refractivity contribution >= 4 is 11.6 Å². The van der Waals surface area contributed by atoms with Crippen molar-refractivity contribution in [3.05, 3.63) is 35.9 Å². The molecule has 0 heterocycles. The van der Waals surface area contributed by atoms with Crippen LogP contribution in [-0.2, 0) is 4.79 Å². The minimum absolute atomic E-state index is 0.0364. The smallest absolute Gasteiger partial charge is 0.163 e. The second kappa shape index (κ2) is 6.48. The third kappa shape index (κ3) is 3.80. The average molecular weight is 246 g/mol. The summed E-state index contributed by atoms with van der Waals surface area (Å²) in [6.45, 7) is 7.71. The lowest BCUT2D eigenvalue weighted by Gasteiger charge is -2.20. The van der Waals surface area contributed by atoms with E-state index < -0.39 is 0 Å². The Kier molecular flexibility index (Phi) is 5.26. The van der Waals surface area contributed by atoms with Crippen molar-refractivity contribution in [2.24, 2.45) is 17.8 Å². The van der Waals surface area contributed by atoms with E-state index in [2.05, 4.69) is 0 Å². The van der Waals surface area contributed by atoms with Crippen molar-refractivity contribution in [3.8, 4) is 0 Å². The van der Waals surface area contributed by atoms with E-state index in [-0.39, 0.29) is 29.3 Å². The summed E-state index contributed by atoms with van der Waals surface area (Å²) in [4.78, 5) is 23.9. The van der Waals surface area contributed by atoms with Gasteiger partial charge >= 0.3 is 0 Å². The largest absolute Gasteiger partial charge is 0.299 e. The van der Waals surface area contributed by atoms with Gasteiger partial charge in [-0.3, -0.25) is 9.59 Å². The third-order valence-electron chi connectivity index (χ3n) is 3.47. The SMILES string of the molecule is CC(C)C(=O)[C@@H](C)[C@@H](C)CC(=O)c1ccccc1. The summed E-state index contributed by atoms with van der Waals surface area (Å²) in [6.07, 6.45) is 0.434. The lowest BCUT2D eigenvalue weighted by atomic mass is 9.83. The van der Waals surface area contributed by atoms with Crippen molar-refractivity contribution in [2.75, 3.05) is 0 Å². The Labute approximate surface area is 109 Å². The van der Waals surface area contributed by atoms with E-state index in [1.54, 1.807) is 0 Å². The van der Waals surface area contributed by atoms with Crippen LogP contribution in [0, 0.1) is 17.8 Å². The second-order valence-electron chi connectivity index (χ2n) is 5.32. The zero-order valence-electron chi connectivity index (χ0n) is 11.6. The minimum Gasteiger partial charge on any atom is -0.299 e. The molecule has 2 heteroatoms. The Morgan fingerprint density at radius 3 is 2.06 bits per heavy atom. The fourth-order valence-electron chi connectivity index (χ4n) is 2.02. The van der Waals surface area contributed by atoms with Gasteiger partial charge in [-0.15, -0.1) is 0 Å². The highest BCUT2D eigenvalue weighted by molar-refractivity contribution is 5.96. The molecular formula is C16H22O2. The summed E-state index contributed by atoms with van der Waals surface area (Å²) in [7, 11) is 0. The number of rotatable bonds is 6. The molecule has 2 atom stereocenters. The highest BCUT2D eigenvalue weighted by Gasteiger charge is 2.24. The summed E-state index contributed by atoms with van der Waals surface area (Å²) < 4.78 is 0. The number of Topliss-reactive ketones (excluding diaryl/α,β-unsaturated/α-hetero) is 2. The van der Waals surface area contributed by atoms with Gasteiger partial charge in [0.2, 0.25) is 0 Å². The van der Waals surface area contributed by atoms with Crippen LogP contribution in [0.25, 0.3) is 0 Å². The molecule has 0 N–H and O–H groups in total. The van der Waals surface area contributed by atoms with E-state index in [0.29, 0.717) is 6.42 Å². The molecule has 0 spiro atoms. The summed E-state index contributed by atoms with van der Waals surface area (Å²) >= 11 is 0. The van der Waals surface area contributed by atoms with Gasteiger partial charge in [-0.2, -0.15) is 0 Å². The first kappa shape index (κ1) is 14.6. The second-order valence-corrected chi connectivity index (χ2v) is 5.32. The van der Waals surface area contributed by atoms with Gasteiger partial charge in [0.05, 0.1) is 0 Å². The molecule has 18 heavy (non-hydrogen) atoms. The number of benzene rings is 1. The highest BCUT2D eigenvalue weighted by atomic mass is 16.1. The third-order valence-corrected chi connectivity index (χ3v) is 3.47. The lowest BCUT2D eigenvalue weighted by Crippen LogP contribution is -2.25. The van der Waals surface area contributed by atoms with Crippen molar-refractivity contribution in [1.29, 1.82) is 0 Å². The number of carbonyl (C=O) groups is 2. The predicted octanol–water partition coefficient (Wildman–Crippen LogP) is 3.76. The van der Waals surface area contributed by atoms with Crippen LogP contribution in [0.3, 0.4) is 0 Å². The molecule has 0 bridgehead atoms. The van der Waals surface area contributed by atoms with Crippen LogP contribution in [0.2, 0.25) is 0 Å². The van der Waals surface area contributed by atoms with E-state index in [0.717, 1.165) is 5.56 Å². The van der Waals surface area contributed by atoms with Gasteiger partial charge in [-0.25, -0.2) is 0 Å². The Balaban J connectivity index is 2.63. The van der Waals surface area contributed by atoms with Crippen LogP contribution in [0.4, 0.5) is 0 Å². The number of hydrogen-bond donors (Lipinski definition) is 0. The number of hydrogen-bond acceptors (Lipinski definition) is 2. The van der Waals surface area contributed by atoms with E-state index >= 15 is 0 Å². The standard InChI is InChI=1S/C16H22O2/c1-11(2)16(18)13(4)12(3)10-15(17)14-8-6-5-7-9-14/h5-9,11-13H,10H2,1-4H3/t12-,13-/m0/s1. The number of ketones is 2. The van der Waals surface area contributed by atoms with Crippen molar-refractivity contribution < 1.29 is 9.59 Å². The molecule has 0 saturated carbocycles. The van der Waals surface area contributed by atoms with Crippen LogP contribution in [0.5, 0.6) is 0 Å². The number of carbonyl (C=O) groups excluding carboxylic acids is 2. The zero-order chi connectivity index (χ0) is 13.7. The van der Waals surface area contributed by atoms with Crippen LogP contribution >= 0.6 is 0 Å². The highest BCUT2D eigenvalue weighted by Crippen LogP contribution is 2.21. The maximum atomic E-state index is 12.0. The van der Waals surface area contributed by atoms with Crippen molar-refractivity contribution in [2.45, 2.75) is 34.1 Å². The lowest BCUT2D eigenvalue weighted by molar-refractivity contribution is -0.126. The molecular weight excluding hydrogens is 224 g/mol. The van der Waals surface area contributed by atoms with Crippen LogP contribution in [0.15, 0.2) is 30.3 Å². The molecule has 0 unspecified atom stereocenters. The maximum Gasteiger partial charge on any atom is 0.163 e. The Morgan fingerprint density at radius 2 is 1.56 bits per heavy atom. The van der Waals surface area contributed by atoms with Crippen molar-refractivity contribution in [3.63, 3.8) is 0 Å². The molecule has 2 nitrogen and oxygen atoms in total. The molecule has 0 saturated heterocycles. The van der Waals surface area contributed by atoms with Gasteiger partial charge in [-0.1, -0.05) is 58.0 Å². The molecule has 0 fully saturated rings. The van der Waals surface area contributed by atoms with Crippen LogP contribution < -0.4 is 0 Å². The summed E-state index contributed by atoms with van der Waals surface area (Å²) in [6, 6.07) is 9.26. The first-order chi connectivity index (χ1) is 8.43. The van der Waals surface area contributed by atoms with Gasteiger partial charge < -0.3 is 0 Å². The van der Waals surface area contributed by atoms with Gasteiger partial charge in [0.15, 0.2) is 5.78 Å². The maximum absolute atomic E-state index is 12.0.